The largest absolute Gasteiger partial charge is 0.481 e. The highest BCUT2D eigenvalue weighted by Gasteiger charge is 2.32. The predicted molar refractivity (Wildman–Crippen MR) is 75.1 cm³/mol. The van der Waals surface area contributed by atoms with Gasteiger partial charge in [-0.3, -0.25) is 9.59 Å². The first-order valence-corrected chi connectivity index (χ1v) is 6.90. The van der Waals surface area contributed by atoms with Crippen LogP contribution < -0.4 is 11.1 Å². The minimum absolute atomic E-state index is 0.201. The molecule has 2 atom stereocenters. The van der Waals surface area contributed by atoms with Crippen LogP contribution in [0.5, 0.6) is 0 Å². The van der Waals surface area contributed by atoms with Crippen molar-refractivity contribution in [2.75, 3.05) is 6.54 Å². The van der Waals surface area contributed by atoms with Crippen molar-refractivity contribution in [2.45, 2.75) is 25.8 Å². The molecular formula is C15H20N2O3. The molecule has 0 spiro atoms. The number of amides is 1. The second-order valence-electron chi connectivity index (χ2n) is 5.33. The van der Waals surface area contributed by atoms with Crippen LogP contribution in [0, 0.1) is 11.8 Å². The highest BCUT2D eigenvalue weighted by Crippen LogP contribution is 2.31. The minimum atomic E-state index is -0.690. The molecule has 0 saturated heterocycles. The van der Waals surface area contributed by atoms with Crippen molar-refractivity contribution < 1.29 is 14.7 Å². The molecule has 5 heteroatoms. The number of primary amides is 1. The molecule has 1 aromatic carbocycles. The number of nitrogens with two attached hydrogens (primary N) is 1. The summed E-state index contributed by atoms with van der Waals surface area (Å²) >= 11 is 0. The van der Waals surface area contributed by atoms with Gasteiger partial charge in [-0.15, -0.1) is 0 Å². The van der Waals surface area contributed by atoms with E-state index in [0.29, 0.717) is 18.7 Å². The van der Waals surface area contributed by atoms with Crippen molar-refractivity contribution in [2.24, 2.45) is 17.6 Å². The third-order valence-corrected chi connectivity index (χ3v) is 3.92. The van der Waals surface area contributed by atoms with Crippen LogP contribution in [-0.4, -0.2) is 23.5 Å². The third-order valence-electron chi connectivity index (χ3n) is 3.92. The van der Waals surface area contributed by atoms with Gasteiger partial charge in [-0.25, -0.2) is 0 Å². The number of aliphatic carboxylic acids is 1. The molecule has 1 amide bonds. The summed E-state index contributed by atoms with van der Waals surface area (Å²) in [5.41, 5.74) is 6.71. The standard InChI is InChI=1S/C15H20N2O3/c16-14(18)11-4-1-3-10(7-11)8-17-9-12-5-2-6-13(12)15(19)20/h1,3-4,7,12-13,17H,2,5-6,8-9H2,(H2,16,18)(H,19,20). The number of hydrogen-bond donors (Lipinski definition) is 3. The summed E-state index contributed by atoms with van der Waals surface area (Å²) in [5, 5.41) is 12.4. The highest BCUT2D eigenvalue weighted by molar-refractivity contribution is 5.92. The molecule has 20 heavy (non-hydrogen) atoms. The van der Waals surface area contributed by atoms with Crippen molar-refractivity contribution in [3.8, 4) is 0 Å². The van der Waals surface area contributed by atoms with E-state index in [0.717, 1.165) is 24.8 Å². The lowest BCUT2D eigenvalue weighted by Gasteiger charge is -2.16. The second kappa shape index (κ2) is 6.52. The molecule has 0 radical (unpaired) electrons. The van der Waals surface area contributed by atoms with Gasteiger partial charge in [0, 0.05) is 12.1 Å². The van der Waals surface area contributed by atoms with E-state index in [4.69, 9.17) is 10.8 Å². The number of carbonyl (C=O) groups excluding carboxylic acids is 1. The van der Waals surface area contributed by atoms with Gasteiger partial charge in [-0.1, -0.05) is 18.6 Å². The Morgan fingerprint density at radius 3 is 2.85 bits per heavy atom. The Balaban J connectivity index is 1.85. The summed E-state index contributed by atoms with van der Waals surface area (Å²) in [4.78, 5) is 22.2. The molecule has 4 N–H and O–H groups in total. The van der Waals surface area contributed by atoms with Gasteiger partial charge < -0.3 is 16.2 Å². The van der Waals surface area contributed by atoms with Crippen molar-refractivity contribution in [3.63, 3.8) is 0 Å². The van der Waals surface area contributed by atoms with E-state index in [1.54, 1.807) is 18.2 Å². The Kier molecular flexibility index (Phi) is 4.74. The number of carboxylic acid groups (broad SMARTS) is 1. The molecule has 5 nitrogen and oxygen atoms in total. The van der Waals surface area contributed by atoms with E-state index in [-0.39, 0.29) is 11.8 Å². The van der Waals surface area contributed by atoms with Crippen LogP contribution in [0.25, 0.3) is 0 Å². The van der Waals surface area contributed by atoms with Crippen LogP contribution in [0.1, 0.15) is 35.2 Å². The van der Waals surface area contributed by atoms with Gasteiger partial charge in [-0.2, -0.15) is 0 Å². The van der Waals surface area contributed by atoms with Crippen molar-refractivity contribution >= 4 is 11.9 Å². The van der Waals surface area contributed by atoms with Crippen molar-refractivity contribution in [1.82, 2.24) is 5.32 Å². The summed E-state index contributed by atoms with van der Waals surface area (Å²) in [6.45, 7) is 1.31. The Morgan fingerprint density at radius 1 is 1.35 bits per heavy atom. The normalized spacial score (nSPS) is 21.8. The number of benzene rings is 1. The summed E-state index contributed by atoms with van der Waals surface area (Å²) in [7, 11) is 0. The summed E-state index contributed by atoms with van der Waals surface area (Å²) in [6.07, 6.45) is 2.73. The molecule has 108 valence electrons. The third kappa shape index (κ3) is 3.57. The maximum Gasteiger partial charge on any atom is 0.306 e. The van der Waals surface area contributed by atoms with Crippen molar-refractivity contribution in [3.05, 3.63) is 35.4 Å². The summed E-state index contributed by atoms with van der Waals surface area (Å²) in [6, 6.07) is 7.16. The minimum Gasteiger partial charge on any atom is -0.481 e. The molecule has 1 aromatic rings. The predicted octanol–water partition coefficient (Wildman–Crippen LogP) is 1.38. The van der Waals surface area contributed by atoms with Crippen LogP contribution in [0.2, 0.25) is 0 Å². The molecule has 0 heterocycles. The van der Waals surface area contributed by atoms with Crippen LogP contribution >= 0.6 is 0 Å². The van der Waals surface area contributed by atoms with Gasteiger partial charge in [0.2, 0.25) is 5.91 Å². The molecule has 2 unspecified atom stereocenters. The maximum atomic E-state index is 11.1. The smallest absolute Gasteiger partial charge is 0.306 e. The lowest BCUT2D eigenvalue weighted by Crippen LogP contribution is -2.28. The molecule has 0 bridgehead atoms. The van der Waals surface area contributed by atoms with Crippen LogP contribution in [0.15, 0.2) is 24.3 Å². The second-order valence-corrected chi connectivity index (χ2v) is 5.33. The van der Waals surface area contributed by atoms with Gasteiger partial charge in [-0.05, 0) is 43.0 Å². The fraction of sp³-hybridized carbons (Fsp3) is 0.467. The van der Waals surface area contributed by atoms with Gasteiger partial charge >= 0.3 is 5.97 Å². The van der Waals surface area contributed by atoms with E-state index in [9.17, 15) is 9.59 Å². The van der Waals surface area contributed by atoms with Gasteiger partial charge in [0.1, 0.15) is 0 Å². The zero-order valence-electron chi connectivity index (χ0n) is 11.3. The molecule has 0 aliphatic heterocycles. The Hall–Kier alpha value is -1.88. The number of nitrogens with one attached hydrogen (secondary N) is 1. The fourth-order valence-corrected chi connectivity index (χ4v) is 2.84. The summed E-state index contributed by atoms with van der Waals surface area (Å²) in [5.74, 6) is -1.15. The van der Waals surface area contributed by atoms with E-state index in [1.165, 1.54) is 0 Å². The molecule has 1 saturated carbocycles. The topological polar surface area (TPSA) is 92.4 Å². The fourth-order valence-electron chi connectivity index (χ4n) is 2.84. The maximum absolute atomic E-state index is 11.1. The number of rotatable bonds is 6. The Bertz CT molecular complexity index is 502. The molecule has 1 aliphatic rings. The lowest BCUT2D eigenvalue weighted by atomic mass is 9.96. The zero-order chi connectivity index (χ0) is 14.5. The Labute approximate surface area is 118 Å². The molecule has 0 aromatic heterocycles. The number of carbonyl (C=O) groups is 2. The van der Waals surface area contributed by atoms with Gasteiger partial charge in [0.25, 0.3) is 0 Å². The number of hydrogen-bond acceptors (Lipinski definition) is 3. The lowest BCUT2D eigenvalue weighted by molar-refractivity contribution is -0.142. The molecule has 2 rings (SSSR count). The Morgan fingerprint density at radius 2 is 2.15 bits per heavy atom. The first kappa shape index (κ1) is 14.5. The average molecular weight is 276 g/mol. The van der Waals surface area contributed by atoms with Crippen LogP contribution in [0.4, 0.5) is 0 Å². The molecular weight excluding hydrogens is 256 g/mol. The van der Waals surface area contributed by atoms with Crippen LogP contribution in [-0.2, 0) is 11.3 Å². The monoisotopic (exact) mass is 276 g/mol. The van der Waals surface area contributed by atoms with E-state index in [1.807, 2.05) is 6.07 Å². The van der Waals surface area contributed by atoms with Crippen LogP contribution in [0.3, 0.4) is 0 Å². The van der Waals surface area contributed by atoms with Crippen molar-refractivity contribution in [1.29, 1.82) is 0 Å². The number of carboxylic acids is 1. The summed E-state index contributed by atoms with van der Waals surface area (Å²) < 4.78 is 0. The zero-order valence-corrected chi connectivity index (χ0v) is 11.3. The highest BCUT2D eigenvalue weighted by atomic mass is 16.4. The molecule has 1 fully saturated rings. The first-order chi connectivity index (χ1) is 9.58. The van der Waals surface area contributed by atoms with E-state index >= 15 is 0 Å². The molecule has 1 aliphatic carbocycles. The van der Waals surface area contributed by atoms with Gasteiger partial charge in [0.15, 0.2) is 0 Å². The van der Waals surface area contributed by atoms with E-state index in [2.05, 4.69) is 5.32 Å². The van der Waals surface area contributed by atoms with E-state index < -0.39 is 11.9 Å². The SMILES string of the molecule is NC(=O)c1cccc(CNCC2CCCC2C(=O)O)c1. The van der Waals surface area contributed by atoms with Gasteiger partial charge in [0.05, 0.1) is 5.92 Å². The average Bonchev–Trinajstić information content (AvgIpc) is 2.87. The first-order valence-electron chi connectivity index (χ1n) is 6.90. The quantitative estimate of drug-likeness (QED) is 0.731.